The second-order valence-electron chi connectivity index (χ2n) is 5.85. The van der Waals surface area contributed by atoms with Crippen molar-refractivity contribution in [2.24, 2.45) is 0 Å². The lowest BCUT2D eigenvalue weighted by atomic mass is 10.1. The van der Waals surface area contributed by atoms with Crippen molar-refractivity contribution >= 4 is 17.5 Å². The number of aromatic nitrogens is 1. The summed E-state index contributed by atoms with van der Waals surface area (Å²) >= 11 is 0. The van der Waals surface area contributed by atoms with E-state index in [0.29, 0.717) is 18.8 Å². The highest BCUT2D eigenvalue weighted by molar-refractivity contribution is 6.03. The number of carbonyl (C=O) groups is 2. The summed E-state index contributed by atoms with van der Waals surface area (Å²) in [5.41, 5.74) is 2.82. The minimum Gasteiger partial charge on any atom is -0.341 e. The molecular formula is C17H17N3O2. The average Bonchev–Trinajstić information content (AvgIpc) is 3.16. The Hall–Kier alpha value is -2.56. The van der Waals surface area contributed by atoms with E-state index in [4.69, 9.17) is 0 Å². The molecule has 2 aliphatic rings. The van der Waals surface area contributed by atoms with Gasteiger partial charge in [0.15, 0.2) is 0 Å². The first-order valence-corrected chi connectivity index (χ1v) is 7.48. The minimum atomic E-state index is -0.446. The molecule has 0 aliphatic carbocycles. The Balaban J connectivity index is 1.66. The summed E-state index contributed by atoms with van der Waals surface area (Å²) in [6.07, 6.45) is 2.74. The molecule has 5 heteroatoms. The molecule has 2 aromatic rings. The third-order valence-electron chi connectivity index (χ3n) is 4.64. The zero-order valence-electron chi connectivity index (χ0n) is 12.4. The fraction of sp³-hybridized carbons (Fsp3) is 0.294. The van der Waals surface area contributed by atoms with Gasteiger partial charge in [0.1, 0.15) is 11.7 Å². The summed E-state index contributed by atoms with van der Waals surface area (Å²) in [4.78, 5) is 28.7. The highest BCUT2D eigenvalue weighted by Crippen LogP contribution is 2.29. The van der Waals surface area contributed by atoms with E-state index in [0.717, 1.165) is 12.1 Å². The molecule has 1 atom stereocenters. The average molecular weight is 295 g/mol. The molecule has 1 unspecified atom stereocenters. The smallest absolute Gasteiger partial charge is 0.270 e. The molecule has 0 saturated carbocycles. The molecule has 2 amide bonds. The molecule has 0 fully saturated rings. The number of rotatable bonds is 1. The number of para-hydroxylation sites is 1. The molecule has 3 heterocycles. The number of fused-ring (bicyclic) bond motifs is 2. The number of hydrogen-bond acceptors (Lipinski definition) is 2. The molecular weight excluding hydrogens is 278 g/mol. The lowest BCUT2D eigenvalue weighted by Gasteiger charge is -2.35. The zero-order valence-corrected chi connectivity index (χ0v) is 12.4. The highest BCUT2D eigenvalue weighted by Gasteiger charge is 2.38. The SMILES string of the molecule is CN1C(=O)c2cccn2CC1C(=O)N1CCc2ccccc21. The van der Waals surface area contributed by atoms with Crippen molar-refractivity contribution in [3.8, 4) is 0 Å². The maximum atomic E-state index is 13.0. The van der Waals surface area contributed by atoms with Crippen molar-refractivity contribution in [2.75, 3.05) is 18.5 Å². The first-order chi connectivity index (χ1) is 10.7. The van der Waals surface area contributed by atoms with Gasteiger partial charge in [0, 0.05) is 25.5 Å². The predicted molar refractivity (Wildman–Crippen MR) is 82.8 cm³/mol. The number of benzene rings is 1. The molecule has 2 aliphatic heterocycles. The van der Waals surface area contributed by atoms with Crippen LogP contribution < -0.4 is 4.90 Å². The molecule has 0 bridgehead atoms. The fourth-order valence-corrected chi connectivity index (χ4v) is 3.39. The second kappa shape index (κ2) is 4.73. The van der Waals surface area contributed by atoms with E-state index < -0.39 is 6.04 Å². The number of likely N-dealkylation sites (N-methyl/N-ethyl adjacent to an activating group) is 1. The van der Waals surface area contributed by atoms with Gasteiger partial charge in [-0.1, -0.05) is 18.2 Å². The normalized spacial score (nSPS) is 20.0. The third-order valence-corrected chi connectivity index (χ3v) is 4.64. The summed E-state index contributed by atoms with van der Waals surface area (Å²) in [6.45, 7) is 1.21. The number of anilines is 1. The van der Waals surface area contributed by atoms with Crippen molar-refractivity contribution in [1.29, 1.82) is 0 Å². The van der Waals surface area contributed by atoms with E-state index in [1.165, 1.54) is 5.56 Å². The summed E-state index contributed by atoms with van der Waals surface area (Å²) in [6, 6.07) is 11.2. The van der Waals surface area contributed by atoms with Gasteiger partial charge in [-0.2, -0.15) is 0 Å². The zero-order chi connectivity index (χ0) is 15.3. The van der Waals surface area contributed by atoms with Crippen molar-refractivity contribution in [3.63, 3.8) is 0 Å². The van der Waals surface area contributed by atoms with Crippen LogP contribution in [0.1, 0.15) is 16.1 Å². The minimum absolute atomic E-state index is 0.000139. The van der Waals surface area contributed by atoms with Gasteiger partial charge in [0.25, 0.3) is 11.8 Å². The van der Waals surface area contributed by atoms with Crippen molar-refractivity contribution in [3.05, 3.63) is 53.9 Å². The third kappa shape index (κ3) is 1.78. The number of hydrogen-bond donors (Lipinski definition) is 0. The van der Waals surface area contributed by atoms with Crippen LogP contribution in [-0.2, 0) is 17.8 Å². The van der Waals surface area contributed by atoms with Crippen LogP contribution in [0.25, 0.3) is 0 Å². The quantitative estimate of drug-likeness (QED) is 0.801. The van der Waals surface area contributed by atoms with Crippen molar-refractivity contribution in [1.82, 2.24) is 9.47 Å². The topological polar surface area (TPSA) is 45.6 Å². The fourth-order valence-electron chi connectivity index (χ4n) is 3.39. The summed E-state index contributed by atoms with van der Waals surface area (Å²) in [5, 5.41) is 0. The Kier molecular flexibility index (Phi) is 2.82. The molecule has 112 valence electrons. The molecule has 4 rings (SSSR count). The number of amides is 2. The maximum Gasteiger partial charge on any atom is 0.270 e. The molecule has 5 nitrogen and oxygen atoms in total. The number of carbonyl (C=O) groups excluding carboxylic acids is 2. The molecule has 0 saturated heterocycles. The van der Waals surface area contributed by atoms with Crippen LogP contribution in [0.5, 0.6) is 0 Å². The Morgan fingerprint density at radius 3 is 2.86 bits per heavy atom. The molecule has 1 aromatic carbocycles. The predicted octanol–water partition coefficient (Wildman–Crippen LogP) is 1.53. The van der Waals surface area contributed by atoms with Crippen LogP contribution in [0.3, 0.4) is 0 Å². The second-order valence-corrected chi connectivity index (χ2v) is 5.85. The van der Waals surface area contributed by atoms with E-state index in [1.807, 2.05) is 39.9 Å². The van der Waals surface area contributed by atoms with Gasteiger partial charge in [-0.15, -0.1) is 0 Å². The van der Waals surface area contributed by atoms with Crippen molar-refractivity contribution < 1.29 is 9.59 Å². The lowest BCUT2D eigenvalue weighted by Crippen LogP contribution is -2.54. The lowest BCUT2D eigenvalue weighted by molar-refractivity contribution is -0.123. The van der Waals surface area contributed by atoms with Crippen molar-refractivity contribution in [2.45, 2.75) is 19.0 Å². The summed E-state index contributed by atoms with van der Waals surface area (Å²) in [7, 11) is 1.71. The monoisotopic (exact) mass is 295 g/mol. The van der Waals surface area contributed by atoms with Gasteiger partial charge in [-0.05, 0) is 30.2 Å². The Labute approximate surface area is 128 Å². The van der Waals surface area contributed by atoms with Gasteiger partial charge >= 0.3 is 0 Å². The molecule has 0 spiro atoms. The first kappa shape index (κ1) is 13.1. The molecule has 1 aromatic heterocycles. The summed E-state index contributed by atoms with van der Waals surface area (Å²) < 4.78 is 1.87. The van der Waals surface area contributed by atoms with Crippen LogP contribution in [-0.4, -0.2) is 40.9 Å². The van der Waals surface area contributed by atoms with Crippen LogP contribution in [0.4, 0.5) is 5.69 Å². The van der Waals surface area contributed by atoms with Crippen LogP contribution in [0.15, 0.2) is 42.6 Å². The Bertz CT molecular complexity index is 765. The maximum absolute atomic E-state index is 13.0. The summed E-state index contributed by atoms with van der Waals surface area (Å²) in [5.74, 6) is -0.0952. The van der Waals surface area contributed by atoms with E-state index in [1.54, 1.807) is 18.0 Å². The molecule has 22 heavy (non-hydrogen) atoms. The van der Waals surface area contributed by atoms with E-state index in [-0.39, 0.29) is 11.8 Å². The van der Waals surface area contributed by atoms with Gasteiger partial charge in [-0.3, -0.25) is 9.59 Å². The van der Waals surface area contributed by atoms with E-state index in [9.17, 15) is 9.59 Å². The molecule has 0 N–H and O–H groups in total. The standard InChI is InChI=1S/C17H17N3O2/c1-18-15(11-19-9-4-7-14(19)16(18)21)17(22)20-10-8-12-5-2-3-6-13(12)20/h2-7,9,15H,8,10-11H2,1H3. The number of nitrogens with zero attached hydrogens (tertiary/aromatic N) is 3. The highest BCUT2D eigenvalue weighted by atomic mass is 16.2. The van der Waals surface area contributed by atoms with Gasteiger partial charge in [0.2, 0.25) is 0 Å². The van der Waals surface area contributed by atoms with Crippen LogP contribution in [0.2, 0.25) is 0 Å². The van der Waals surface area contributed by atoms with E-state index >= 15 is 0 Å². The van der Waals surface area contributed by atoms with Gasteiger partial charge in [-0.25, -0.2) is 0 Å². The largest absolute Gasteiger partial charge is 0.341 e. The van der Waals surface area contributed by atoms with Crippen LogP contribution >= 0.6 is 0 Å². The Morgan fingerprint density at radius 2 is 2.00 bits per heavy atom. The van der Waals surface area contributed by atoms with E-state index in [2.05, 4.69) is 6.07 Å². The Morgan fingerprint density at radius 1 is 1.18 bits per heavy atom. The van der Waals surface area contributed by atoms with Crippen LogP contribution in [0, 0.1) is 0 Å². The van der Waals surface area contributed by atoms with Gasteiger partial charge < -0.3 is 14.4 Å². The first-order valence-electron chi connectivity index (χ1n) is 7.48. The molecule has 0 radical (unpaired) electrons. The van der Waals surface area contributed by atoms with Gasteiger partial charge in [0.05, 0.1) is 6.54 Å².